The fourth-order valence-electron chi connectivity index (χ4n) is 10.3. The van der Waals surface area contributed by atoms with E-state index in [2.05, 4.69) is 27.7 Å². The Labute approximate surface area is 184 Å². The van der Waals surface area contributed by atoms with Crippen molar-refractivity contribution >= 4 is 0 Å². The summed E-state index contributed by atoms with van der Waals surface area (Å²) in [6, 6.07) is 0.461. The maximum atomic E-state index is 6.92. The summed E-state index contributed by atoms with van der Waals surface area (Å²) in [6.45, 7) is 11.0. The molecule has 0 bridgehead atoms. The van der Waals surface area contributed by atoms with E-state index < -0.39 is 0 Å². The van der Waals surface area contributed by atoms with E-state index in [1.54, 1.807) is 0 Å². The van der Waals surface area contributed by atoms with Gasteiger partial charge in [0.15, 0.2) is 5.79 Å². The van der Waals surface area contributed by atoms with E-state index in [4.69, 9.17) is 15.2 Å². The average molecular weight is 416 g/mol. The molecule has 2 aliphatic heterocycles. The molecule has 3 heteroatoms. The Morgan fingerprint density at radius 2 is 1.63 bits per heavy atom. The van der Waals surface area contributed by atoms with E-state index in [9.17, 15) is 0 Å². The van der Waals surface area contributed by atoms with Crippen molar-refractivity contribution in [3.05, 3.63) is 0 Å². The van der Waals surface area contributed by atoms with Crippen LogP contribution in [0.3, 0.4) is 0 Å². The van der Waals surface area contributed by atoms with Crippen molar-refractivity contribution in [2.24, 2.45) is 58.0 Å². The third-order valence-corrected chi connectivity index (χ3v) is 12.0. The first-order chi connectivity index (χ1) is 14.3. The molecule has 2 heterocycles. The lowest BCUT2D eigenvalue weighted by Gasteiger charge is -2.61. The van der Waals surface area contributed by atoms with Gasteiger partial charge in [-0.2, -0.15) is 0 Å². The molecule has 6 fully saturated rings. The largest absolute Gasteiger partial charge is 0.349 e. The van der Waals surface area contributed by atoms with E-state index in [0.29, 0.717) is 40.7 Å². The zero-order chi connectivity index (χ0) is 20.9. The van der Waals surface area contributed by atoms with Gasteiger partial charge in [-0.3, -0.25) is 0 Å². The molecule has 0 aromatic carbocycles. The summed E-state index contributed by atoms with van der Waals surface area (Å²) in [5.74, 6) is 5.25. The molecule has 0 aromatic heterocycles. The highest BCUT2D eigenvalue weighted by molar-refractivity contribution is 5.15. The van der Waals surface area contributed by atoms with Crippen molar-refractivity contribution in [3.63, 3.8) is 0 Å². The molecule has 4 aliphatic carbocycles. The monoisotopic (exact) mass is 415 g/mol. The molecule has 3 nitrogen and oxygen atoms in total. The van der Waals surface area contributed by atoms with Crippen molar-refractivity contribution in [2.75, 3.05) is 6.61 Å². The maximum Gasteiger partial charge on any atom is 0.171 e. The first-order valence-electron chi connectivity index (χ1n) is 13.3. The van der Waals surface area contributed by atoms with E-state index in [1.165, 1.54) is 57.8 Å². The summed E-state index contributed by atoms with van der Waals surface area (Å²) in [6.07, 6.45) is 13.7. The topological polar surface area (TPSA) is 44.5 Å². The van der Waals surface area contributed by atoms with Gasteiger partial charge >= 0.3 is 0 Å². The fourth-order valence-corrected chi connectivity index (χ4v) is 10.3. The zero-order valence-corrected chi connectivity index (χ0v) is 19.9. The van der Waals surface area contributed by atoms with Crippen LogP contribution in [-0.2, 0) is 9.47 Å². The minimum Gasteiger partial charge on any atom is -0.349 e. The van der Waals surface area contributed by atoms with Crippen molar-refractivity contribution in [2.45, 2.75) is 110 Å². The molecule has 0 radical (unpaired) electrons. The minimum atomic E-state index is -0.268. The highest BCUT2D eigenvalue weighted by Crippen LogP contribution is 2.71. The van der Waals surface area contributed by atoms with Crippen molar-refractivity contribution < 1.29 is 9.47 Å². The second-order valence-corrected chi connectivity index (χ2v) is 13.2. The lowest BCUT2D eigenvalue weighted by Crippen LogP contribution is -2.55. The number of nitrogens with two attached hydrogens (primary N) is 1. The lowest BCUT2D eigenvalue weighted by atomic mass is 9.44. The summed E-state index contributed by atoms with van der Waals surface area (Å²) in [7, 11) is 0. The van der Waals surface area contributed by atoms with Gasteiger partial charge in [-0.25, -0.2) is 0 Å². The van der Waals surface area contributed by atoms with Crippen molar-refractivity contribution in [3.8, 4) is 0 Å². The Balaban J connectivity index is 1.26. The molecule has 170 valence electrons. The molecule has 4 saturated carbocycles. The van der Waals surface area contributed by atoms with Crippen LogP contribution in [0.4, 0.5) is 0 Å². The molecule has 0 aromatic rings. The van der Waals surface area contributed by atoms with Crippen LogP contribution < -0.4 is 5.73 Å². The smallest absolute Gasteiger partial charge is 0.171 e. The van der Waals surface area contributed by atoms with Gasteiger partial charge in [0.05, 0.1) is 12.7 Å². The summed E-state index contributed by atoms with van der Waals surface area (Å²) >= 11 is 0. The van der Waals surface area contributed by atoms with E-state index in [-0.39, 0.29) is 5.79 Å². The van der Waals surface area contributed by atoms with Crippen molar-refractivity contribution in [1.29, 1.82) is 0 Å². The lowest BCUT2D eigenvalue weighted by molar-refractivity contribution is -0.273. The summed E-state index contributed by atoms with van der Waals surface area (Å²) < 4.78 is 13.4. The Bertz CT molecular complexity index is 686. The molecule has 0 amide bonds. The van der Waals surface area contributed by atoms with Gasteiger partial charge in [0.25, 0.3) is 0 Å². The molecular formula is C27H45NO2. The third kappa shape index (κ3) is 2.61. The third-order valence-electron chi connectivity index (χ3n) is 12.0. The van der Waals surface area contributed by atoms with Gasteiger partial charge in [-0.15, -0.1) is 0 Å². The quantitative estimate of drug-likeness (QED) is 0.547. The molecule has 6 unspecified atom stereocenters. The second kappa shape index (κ2) is 6.70. The summed E-state index contributed by atoms with van der Waals surface area (Å²) in [4.78, 5) is 0. The van der Waals surface area contributed by atoms with Crippen LogP contribution in [-0.4, -0.2) is 24.5 Å². The average Bonchev–Trinajstić information content (AvgIpc) is 3.16. The normalized spacial score (nSPS) is 62.5. The first kappa shape index (κ1) is 20.5. The molecule has 30 heavy (non-hydrogen) atoms. The minimum absolute atomic E-state index is 0.268. The van der Waals surface area contributed by atoms with Crippen LogP contribution >= 0.6 is 0 Å². The molecule has 6 rings (SSSR count). The second-order valence-electron chi connectivity index (χ2n) is 13.2. The highest BCUT2D eigenvalue weighted by Gasteiger charge is 2.69. The fraction of sp³-hybridized carbons (Fsp3) is 1.00. The molecular weight excluding hydrogens is 370 g/mol. The van der Waals surface area contributed by atoms with Gasteiger partial charge in [0.2, 0.25) is 0 Å². The van der Waals surface area contributed by atoms with Gasteiger partial charge < -0.3 is 15.2 Å². The molecule has 2 saturated heterocycles. The van der Waals surface area contributed by atoms with Crippen LogP contribution in [0.25, 0.3) is 0 Å². The van der Waals surface area contributed by atoms with Crippen LogP contribution in [0.5, 0.6) is 0 Å². The number of fused-ring (bicyclic) bond motifs is 7. The Morgan fingerprint density at radius 1 is 0.833 bits per heavy atom. The van der Waals surface area contributed by atoms with Crippen LogP contribution in [0.15, 0.2) is 0 Å². The molecule has 1 spiro atoms. The summed E-state index contributed by atoms with van der Waals surface area (Å²) in [5.41, 5.74) is 7.40. The SMILES string of the molecule is C[C@H]1CC[C@@]2(OC1)OC1CC3C4CC[C@@H]5CC(N)CC[C@]5(C)C4CC[C@]3(C)C1[C@@H]2C. The highest BCUT2D eigenvalue weighted by atomic mass is 16.7. The predicted octanol–water partition coefficient (Wildman–Crippen LogP) is 5.76. The van der Waals surface area contributed by atoms with Crippen LogP contribution in [0.1, 0.15) is 91.9 Å². The number of ether oxygens (including phenoxy) is 2. The van der Waals surface area contributed by atoms with E-state index in [0.717, 1.165) is 36.7 Å². The first-order valence-corrected chi connectivity index (χ1v) is 13.3. The molecule has 12 atom stereocenters. The number of hydrogen-bond donors (Lipinski definition) is 1. The standard InChI is InChI=1S/C27H45NO2/c1-16-7-12-27(29-15-16)17(2)24-23(30-27)14-22-20-6-5-18-13-19(28)8-10-25(18,3)21(20)9-11-26(22,24)4/h16-24H,5-15,28H2,1-4H3/t16-,17-,18+,19?,20?,21?,22?,23?,24?,25-,26-,27+/m0/s1. The number of hydrogen-bond acceptors (Lipinski definition) is 3. The summed E-state index contributed by atoms with van der Waals surface area (Å²) in [5, 5.41) is 0. The Hall–Kier alpha value is -0.120. The van der Waals surface area contributed by atoms with E-state index in [1.807, 2.05) is 0 Å². The van der Waals surface area contributed by atoms with Gasteiger partial charge in [0.1, 0.15) is 0 Å². The molecule has 6 aliphatic rings. The predicted molar refractivity (Wildman–Crippen MR) is 120 cm³/mol. The maximum absolute atomic E-state index is 6.92. The van der Waals surface area contributed by atoms with Crippen molar-refractivity contribution in [1.82, 2.24) is 0 Å². The zero-order valence-electron chi connectivity index (χ0n) is 19.9. The van der Waals surface area contributed by atoms with Gasteiger partial charge in [-0.05, 0) is 104 Å². The van der Waals surface area contributed by atoms with Gasteiger partial charge in [-0.1, -0.05) is 27.7 Å². The van der Waals surface area contributed by atoms with Crippen LogP contribution in [0.2, 0.25) is 0 Å². The Kier molecular flexibility index (Phi) is 4.58. The van der Waals surface area contributed by atoms with Gasteiger partial charge in [0, 0.05) is 18.4 Å². The van der Waals surface area contributed by atoms with E-state index >= 15 is 0 Å². The number of rotatable bonds is 0. The van der Waals surface area contributed by atoms with Crippen LogP contribution in [0, 0.1) is 52.3 Å². The molecule has 2 N–H and O–H groups in total. The Morgan fingerprint density at radius 3 is 2.40 bits per heavy atom.